The molecule has 0 rings (SSSR count). The average Bonchev–Trinajstić information content (AvgIpc) is 1.86. The predicted octanol–water partition coefficient (Wildman–Crippen LogP) is -1.07. The maximum absolute atomic E-state index is 10.3. The lowest BCUT2D eigenvalue weighted by molar-refractivity contribution is 0.210. The van der Waals surface area contributed by atoms with Crippen molar-refractivity contribution in [3.05, 3.63) is 0 Å². The standard InChI is InChI=1S/C3H9NO4S/c1-2-3(5)9(6,7)8-4/h3,5H,2,4H2,1H3. The molecule has 1 atom stereocenters. The van der Waals surface area contributed by atoms with Crippen molar-refractivity contribution in [1.82, 2.24) is 0 Å². The first kappa shape index (κ1) is 8.83. The van der Waals surface area contributed by atoms with Crippen LogP contribution < -0.4 is 5.90 Å². The fourth-order valence-corrected chi connectivity index (χ4v) is 0.805. The van der Waals surface area contributed by atoms with Gasteiger partial charge in [0.15, 0.2) is 5.44 Å². The molecule has 0 amide bonds. The molecule has 56 valence electrons. The van der Waals surface area contributed by atoms with Gasteiger partial charge in [-0.05, 0) is 6.42 Å². The van der Waals surface area contributed by atoms with Gasteiger partial charge < -0.3 is 5.11 Å². The van der Waals surface area contributed by atoms with E-state index in [1.807, 2.05) is 0 Å². The summed E-state index contributed by atoms with van der Waals surface area (Å²) >= 11 is 0. The summed E-state index contributed by atoms with van der Waals surface area (Å²) in [6, 6.07) is 0. The SMILES string of the molecule is CCC(O)S(=O)(=O)ON. The van der Waals surface area contributed by atoms with Gasteiger partial charge >= 0.3 is 10.1 Å². The van der Waals surface area contributed by atoms with Crippen LogP contribution >= 0.6 is 0 Å². The van der Waals surface area contributed by atoms with Crippen molar-refractivity contribution in [2.45, 2.75) is 18.8 Å². The Hall–Kier alpha value is -0.170. The monoisotopic (exact) mass is 155 g/mol. The van der Waals surface area contributed by atoms with E-state index in [1.165, 1.54) is 6.92 Å². The molecule has 0 radical (unpaired) electrons. The molecule has 9 heavy (non-hydrogen) atoms. The van der Waals surface area contributed by atoms with Gasteiger partial charge in [0.05, 0.1) is 0 Å². The lowest BCUT2D eigenvalue weighted by Crippen LogP contribution is -2.24. The Morgan fingerprint density at radius 2 is 2.22 bits per heavy atom. The molecular formula is C3H9NO4S. The molecule has 0 aliphatic heterocycles. The molecule has 0 spiro atoms. The van der Waals surface area contributed by atoms with Gasteiger partial charge in [-0.15, -0.1) is 0 Å². The van der Waals surface area contributed by atoms with E-state index in [2.05, 4.69) is 10.2 Å². The number of hydrogen-bond acceptors (Lipinski definition) is 5. The molecule has 0 aliphatic carbocycles. The minimum atomic E-state index is -3.91. The third-order valence-corrected chi connectivity index (χ3v) is 2.08. The first-order chi connectivity index (χ1) is 4.04. The zero-order chi connectivity index (χ0) is 7.49. The summed E-state index contributed by atoms with van der Waals surface area (Å²) in [5.74, 6) is 4.33. The second-order valence-corrected chi connectivity index (χ2v) is 3.17. The van der Waals surface area contributed by atoms with Crippen molar-refractivity contribution < 1.29 is 17.8 Å². The molecule has 0 saturated carbocycles. The summed E-state index contributed by atoms with van der Waals surface area (Å²) in [5.41, 5.74) is -1.51. The highest BCUT2D eigenvalue weighted by atomic mass is 32.2. The van der Waals surface area contributed by atoms with Gasteiger partial charge in [0.2, 0.25) is 0 Å². The summed E-state index contributed by atoms with van der Waals surface area (Å²) in [4.78, 5) is 0. The first-order valence-electron chi connectivity index (χ1n) is 2.34. The zero-order valence-electron chi connectivity index (χ0n) is 4.94. The number of aliphatic hydroxyl groups excluding tert-OH is 1. The van der Waals surface area contributed by atoms with Crippen molar-refractivity contribution in [2.24, 2.45) is 5.90 Å². The molecule has 3 N–H and O–H groups in total. The summed E-state index contributed by atoms with van der Waals surface area (Å²) in [6.45, 7) is 1.50. The van der Waals surface area contributed by atoms with Gasteiger partial charge in [-0.3, -0.25) is 0 Å². The maximum Gasteiger partial charge on any atom is 0.310 e. The van der Waals surface area contributed by atoms with Crippen LogP contribution in [0.3, 0.4) is 0 Å². The van der Waals surface area contributed by atoms with Crippen LogP contribution in [0.4, 0.5) is 0 Å². The van der Waals surface area contributed by atoms with E-state index in [4.69, 9.17) is 5.11 Å². The molecule has 5 nitrogen and oxygen atoms in total. The van der Waals surface area contributed by atoms with Gasteiger partial charge in [0, 0.05) is 0 Å². The average molecular weight is 155 g/mol. The Kier molecular flexibility index (Phi) is 3.06. The largest absolute Gasteiger partial charge is 0.375 e. The highest BCUT2D eigenvalue weighted by Crippen LogP contribution is 2.00. The molecule has 6 heteroatoms. The molecule has 1 unspecified atom stereocenters. The van der Waals surface area contributed by atoms with Crippen LogP contribution in [-0.2, 0) is 14.4 Å². The fraction of sp³-hybridized carbons (Fsp3) is 1.00. The molecular weight excluding hydrogens is 146 g/mol. The Balaban J connectivity index is 4.17. The number of nitrogens with two attached hydrogens (primary N) is 1. The third kappa shape index (κ3) is 2.27. The molecule has 0 saturated heterocycles. The van der Waals surface area contributed by atoms with Crippen LogP contribution in [0.25, 0.3) is 0 Å². The van der Waals surface area contributed by atoms with Crippen LogP contribution in [0, 0.1) is 0 Å². The van der Waals surface area contributed by atoms with Crippen molar-refractivity contribution in [3.63, 3.8) is 0 Å². The maximum atomic E-state index is 10.3. The van der Waals surface area contributed by atoms with Crippen molar-refractivity contribution >= 4 is 10.1 Å². The van der Waals surface area contributed by atoms with E-state index in [0.29, 0.717) is 0 Å². The normalized spacial score (nSPS) is 15.4. The highest BCUT2D eigenvalue weighted by molar-refractivity contribution is 7.87. The van der Waals surface area contributed by atoms with E-state index in [9.17, 15) is 8.42 Å². The van der Waals surface area contributed by atoms with Crippen molar-refractivity contribution in [2.75, 3.05) is 0 Å². The molecule has 0 fully saturated rings. The molecule has 0 bridgehead atoms. The first-order valence-corrected chi connectivity index (χ1v) is 3.82. The Labute approximate surface area is 53.5 Å². The lowest BCUT2D eigenvalue weighted by Gasteiger charge is -2.04. The fourth-order valence-electron chi connectivity index (χ4n) is 0.268. The van der Waals surface area contributed by atoms with E-state index in [1.54, 1.807) is 0 Å². The smallest absolute Gasteiger partial charge is 0.310 e. The lowest BCUT2D eigenvalue weighted by atomic mass is 10.5. The van der Waals surface area contributed by atoms with Crippen LogP contribution in [-0.4, -0.2) is 19.0 Å². The molecule has 0 aliphatic rings. The van der Waals surface area contributed by atoms with E-state index >= 15 is 0 Å². The second kappa shape index (κ2) is 3.11. The van der Waals surface area contributed by atoms with Gasteiger partial charge in [-0.2, -0.15) is 18.6 Å². The zero-order valence-corrected chi connectivity index (χ0v) is 5.76. The Morgan fingerprint density at radius 3 is 2.33 bits per heavy atom. The summed E-state index contributed by atoms with van der Waals surface area (Å²) in [7, 11) is -3.91. The summed E-state index contributed by atoms with van der Waals surface area (Å²) in [6.07, 6.45) is 0.0690. The molecule has 0 heterocycles. The topological polar surface area (TPSA) is 89.6 Å². The number of hydrogen-bond donors (Lipinski definition) is 2. The van der Waals surface area contributed by atoms with Crippen LogP contribution in [0.1, 0.15) is 13.3 Å². The third-order valence-electron chi connectivity index (χ3n) is 0.817. The van der Waals surface area contributed by atoms with E-state index < -0.39 is 15.6 Å². The minimum absolute atomic E-state index is 0.0690. The minimum Gasteiger partial charge on any atom is -0.375 e. The number of rotatable bonds is 3. The Morgan fingerprint density at radius 1 is 1.78 bits per heavy atom. The van der Waals surface area contributed by atoms with Gasteiger partial charge in [-0.25, -0.2) is 0 Å². The summed E-state index contributed by atoms with van der Waals surface area (Å²) < 4.78 is 24.2. The molecule has 0 aromatic heterocycles. The van der Waals surface area contributed by atoms with E-state index in [-0.39, 0.29) is 6.42 Å². The number of aliphatic hydroxyl groups is 1. The van der Waals surface area contributed by atoms with Crippen LogP contribution in [0.5, 0.6) is 0 Å². The molecule has 0 aromatic carbocycles. The predicted molar refractivity (Wildman–Crippen MR) is 30.5 cm³/mol. The van der Waals surface area contributed by atoms with Crippen molar-refractivity contribution in [1.29, 1.82) is 0 Å². The summed E-state index contributed by atoms with van der Waals surface area (Å²) in [5, 5.41) is 8.59. The molecule has 0 aromatic rings. The van der Waals surface area contributed by atoms with Crippen molar-refractivity contribution in [3.8, 4) is 0 Å². The van der Waals surface area contributed by atoms with Crippen LogP contribution in [0.15, 0.2) is 0 Å². The quantitative estimate of drug-likeness (QED) is 0.507. The van der Waals surface area contributed by atoms with Gasteiger partial charge in [-0.1, -0.05) is 6.92 Å². The van der Waals surface area contributed by atoms with Gasteiger partial charge in [0.1, 0.15) is 0 Å². The second-order valence-electron chi connectivity index (χ2n) is 1.45. The Bertz CT molecular complexity index is 163. The highest BCUT2D eigenvalue weighted by Gasteiger charge is 2.19. The van der Waals surface area contributed by atoms with Gasteiger partial charge in [0.25, 0.3) is 0 Å². The van der Waals surface area contributed by atoms with E-state index in [0.717, 1.165) is 0 Å². The van der Waals surface area contributed by atoms with Crippen LogP contribution in [0.2, 0.25) is 0 Å².